The molecule has 0 saturated heterocycles. The average molecular weight is 321 g/mol. The van der Waals surface area contributed by atoms with Gasteiger partial charge in [0.2, 0.25) is 5.91 Å². The first kappa shape index (κ1) is 16.7. The van der Waals surface area contributed by atoms with Crippen molar-refractivity contribution in [2.24, 2.45) is 0 Å². The standard InChI is InChI=1S/C17H17F2NO3/c1-12(14-8-5-11-22-14)20(2)16(21)10-9-13-6-3-4-7-15(13)23-17(18)19/h3-12,17H,1-2H3/b10-9+. The summed E-state index contributed by atoms with van der Waals surface area (Å²) < 4.78 is 34.4. The van der Waals surface area contributed by atoms with Gasteiger partial charge in [-0.15, -0.1) is 0 Å². The van der Waals surface area contributed by atoms with Crippen molar-refractivity contribution in [2.45, 2.75) is 19.6 Å². The van der Waals surface area contributed by atoms with Gasteiger partial charge in [-0.2, -0.15) is 8.78 Å². The molecule has 1 unspecified atom stereocenters. The fourth-order valence-electron chi connectivity index (χ4n) is 2.01. The third-order valence-corrected chi connectivity index (χ3v) is 3.42. The Labute approximate surface area is 133 Å². The number of likely N-dealkylation sites (N-methyl/N-ethyl adjacent to an activating group) is 1. The molecular weight excluding hydrogens is 304 g/mol. The minimum atomic E-state index is -2.91. The van der Waals surface area contributed by atoms with E-state index >= 15 is 0 Å². The maximum Gasteiger partial charge on any atom is 0.387 e. The normalized spacial score (nSPS) is 12.6. The third-order valence-electron chi connectivity index (χ3n) is 3.42. The number of nitrogens with zero attached hydrogens (tertiary/aromatic N) is 1. The molecule has 1 amide bonds. The van der Waals surface area contributed by atoms with E-state index in [0.29, 0.717) is 11.3 Å². The minimum absolute atomic E-state index is 0.0216. The van der Waals surface area contributed by atoms with Crippen LogP contribution in [0.4, 0.5) is 8.78 Å². The van der Waals surface area contributed by atoms with Gasteiger partial charge in [-0.25, -0.2) is 0 Å². The van der Waals surface area contributed by atoms with E-state index in [1.807, 2.05) is 6.92 Å². The summed E-state index contributed by atoms with van der Waals surface area (Å²) in [5.74, 6) is 0.407. The molecule has 0 aliphatic rings. The van der Waals surface area contributed by atoms with Crippen LogP contribution in [0, 0.1) is 0 Å². The van der Waals surface area contributed by atoms with Gasteiger partial charge in [-0.3, -0.25) is 4.79 Å². The summed E-state index contributed by atoms with van der Waals surface area (Å²) in [6.45, 7) is -1.08. The SMILES string of the molecule is CC(c1ccco1)N(C)C(=O)/C=C/c1ccccc1OC(F)F. The van der Waals surface area contributed by atoms with E-state index in [9.17, 15) is 13.6 Å². The molecule has 2 aromatic rings. The summed E-state index contributed by atoms with van der Waals surface area (Å²) in [6.07, 6.45) is 4.30. The van der Waals surface area contributed by atoms with Gasteiger partial charge in [0.15, 0.2) is 0 Å². The van der Waals surface area contributed by atoms with Gasteiger partial charge in [0, 0.05) is 18.7 Å². The van der Waals surface area contributed by atoms with Crippen molar-refractivity contribution in [1.82, 2.24) is 4.90 Å². The molecule has 23 heavy (non-hydrogen) atoms. The molecule has 1 heterocycles. The lowest BCUT2D eigenvalue weighted by Gasteiger charge is -2.21. The molecule has 0 saturated carbocycles. The summed E-state index contributed by atoms with van der Waals surface area (Å²) in [7, 11) is 1.64. The quantitative estimate of drug-likeness (QED) is 0.752. The Hall–Kier alpha value is -2.63. The van der Waals surface area contributed by atoms with Crippen LogP contribution in [-0.4, -0.2) is 24.5 Å². The number of carbonyl (C=O) groups is 1. The second kappa shape index (κ2) is 7.58. The summed E-state index contributed by atoms with van der Waals surface area (Å²) in [6, 6.07) is 9.57. The Bertz CT molecular complexity index is 668. The van der Waals surface area contributed by atoms with Gasteiger partial charge < -0.3 is 14.1 Å². The lowest BCUT2D eigenvalue weighted by atomic mass is 10.1. The van der Waals surface area contributed by atoms with Crippen LogP contribution in [-0.2, 0) is 4.79 Å². The lowest BCUT2D eigenvalue weighted by Crippen LogP contribution is -2.27. The molecule has 0 aliphatic heterocycles. The van der Waals surface area contributed by atoms with Crippen LogP contribution in [0.1, 0.15) is 24.3 Å². The summed E-state index contributed by atoms with van der Waals surface area (Å²) in [4.78, 5) is 13.7. The molecule has 4 nitrogen and oxygen atoms in total. The number of alkyl halides is 2. The minimum Gasteiger partial charge on any atom is -0.467 e. The predicted octanol–water partition coefficient (Wildman–Crippen LogP) is 4.11. The molecular formula is C17H17F2NO3. The highest BCUT2D eigenvalue weighted by atomic mass is 19.3. The van der Waals surface area contributed by atoms with Gasteiger partial charge in [-0.05, 0) is 31.2 Å². The van der Waals surface area contributed by atoms with Crippen LogP contribution in [0.15, 0.2) is 53.2 Å². The first-order chi connectivity index (χ1) is 11.0. The number of hydrogen-bond donors (Lipinski definition) is 0. The van der Waals surface area contributed by atoms with Crippen molar-refractivity contribution in [3.8, 4) is 5.75 Å². The van der Waals surface area contributed by atoms with Crippen molar-refractivity contribution in [3.05, 3.63) is 60.1 Å². The van der Waals surface area contributed by atoms with Crippen molar-refractivity contribution in [1.29, 1.82) is 0 Å². The third kappa shape index (κ3) is 4.42. The van der Waals surface area contributed by atoms with E-state index in [4.69, 9.17) is 4.42 Å². The second-order valence-electron chi connectivity index (χ2n) is 4.89. The smallest absolute Gasteiger partial charge is 0.387 e. The van der Waals surface area contributed by atoms with E-state index in [0.717, 1.165) is 0 Å². The van der Waals surface area contributed by atoms with Crippen LogP contribution in [0.2, 0.25) is 0 Å². The van der Waals surface area contributed by atoms with Crippen LogP contribution in [0.5, 0.6) is 5.75 Å². The number of carbonyl (C=O) groups excluding carboxylic acids is 1. The predicted molar refractivity (Wildman–Crippen MR) is 82.0 cm³/mol. The van der Waals surface area contributed by atoms with Crippen molar-refractivity contribution < 1.29 is 22.7 Å². The zero-order valence-electron chi connectivity index (χ0n) is 12.8. The molecule has 1 aromatic carbocycles. The molecule has 1 aromatic heterocycles. The van der Waals surface area contributed by atoms with E-state index < -0.39 is 6.61 Å². The molecule has 1 atom stereocenters. The molecule has 2 rings (SSSR count). The van der Waals surface area contributed by atoms with E-state index in [1.165, 1.54) is 29.4 Å². The molecule has 0 radical (unpaired) electrons. The number of hydrogen-bond acceptors (Lipinski definition) is 3. The van der Waals surface area contributed by atoms with Crippen molar-refractivity contribution in [3.63, 3.8) is 0 Å². The molecule has 0 fully saturated rings. The van der Waals surface area contributed by atoms with Gasteiger partial charge >= 0.3 is 6.61 Å². The zero-order chi connectivity index (χ0) is 16.8. The number of halogens is 2. The number of para-hydroxylation sites is 1. The Morgan fingerprint density at radius 3 is 2.65 bits per heavy atom. The van der Waals surface area contributed by atoms with E-state index in [1.54, 1.807) is 37.4 Å². The van der Waals surface area contributed by atoms with Gasteiger partial charge in [0.1, 0.15) is 11.5 Å². The van der Waals surface area contributed by atoms with Crippen molar-refractivity contribution in [2.75, 3.05) is 7.05 Å². The maximum atomic E-state index is 12.4. The highest BCUT2D eigenvalue weighted by Crippen LogP contribution is 2.23. The number of furan rings is 1. The highest BCUT2D eigenvalue weighted by molar-refractivity contribution is 5.92. The lowest BCUT2D eigenvalue weighted by molar-refractivity contribution is -0.126. The number of rotatable bonds is 6. The molecule has 0 aliphatic carbocycles. The summed E-state index contributed by atoms with van der Waals surface area (Å²) in [5, 5.41) is 0. The molecule has 122 valence electrons. The molecule has 0 bridgehead atoms. The van der Waals surface area contributed by atoms with Crippen molar-refractivity contribution >= 4 is 12.0 Å². The van der Waals surface area contributed by atoms with Gasteiger partial charge in [0.25, 0.3) is 0 Å². The summed E-state index contributed by atoms with van der Waals surface area (Å²) >= 11 is 0. The highest BCUT2D eigenvalue weighted by Gasteiger charge is 2.17. The molecule has 0 spiro atoms. The van der Waals surface area contributed by atoms with E-state index in [-0.39, 0.29) is 17.7 Å². The Morgan fingerprint density at radius 1 is 1.26 bits per heavy atom. The largest absolute Gasteiger partial charge is 0.467 e. The van der Waals surface area contributed by atoms with Crippen LogP contribution >= 0.6 is 0 Å². The fourth-order valence-corrected chi connectivity index (χ4v) is 2.01. The Morgan fingerprint density at radius 2 is 2.00 bits per heavy atom. The molecule has 0 N–H and O–H groups in total. The Kier molecular flexibility index (Phi) is 5.51. The van der Waals surface area contributed by atoms with Crippen LogP contribution in [0.25, 0.3) is 6.08 Å². The van der Waals surface area contributed by atoms with Gasteiger partial charge in [0.05, 0.1) is 12.3 Å². The van der Waals surface area contributed by atoms with Gasteiger partial charge in [-0.1, -0.05) is 18.2 Å². The Balaban J connectivity index is 2.09. The first-order valence-electron chi connectivity index (χ1n) is 7.01. The average Bonchev–Trinajstić information content (AvgIpc) is 3.06. The maximum absolute atomic E-state index is 12.4. The van der Waals surface area contributed by atoms with Crippen LogP contribution < -0.4 is 4.74 Å². The number of amides is 1. The fraction of sp³-hybridized carbons (Fsp3) is 0.235. The monoisotopic (exact) mass is 321 g/mol. The first-order valence-corrected chi connectivity index (χ1v) is 7.01. The van der Waals surface area contributed by atoms with Crippen LogP contribution in [0.3, 0.4) is 0 Å². The second-order valence-corrected chi connectivity index (χ2v) is 4.89. The molecule has 6 heteroatoms. The summed E-state index contributed by atoms with van der Waals surface area (Å²) in [5.41, 5.74) is 0.403. The number of benzene rings is 1. The number of ether oxygens (including phenoxy) is 1. The zero-order valence-corrected chi connectivity index (χ0v) is 12.8. The topological polar surface area (TPSA) is 42.7 Å². The van der Waals surface area contributed by atoms with E-state index in [2.05, 4.69) is 4.74 Å².